The molecule has 0 aliphatic rings. The minimum atomic E-state index is -0.924. The fourth-order valence-electron chi connectivity index (χ4n) is 3.70. The van der Waals surface area contributed by atoms with Gasteiger partial charge in [-0.2, -0.15) is 0 Å². The molecular formula is C25H21FN6O. The van der Waals surface area contributed by atoms with Crippen LogP contribution in [0.4, 0.5) is 10.2 Å². The summed E-state index contributed by atoms with van der Waals surface area (Å²) in [7, 11) is 0. The van der Waals surface area contributed by atoms with E-state index in [2.05, 4.69) is 41.2 Å². The van der Waals surface area contributed by atoms with Crippen LogP contribution < -0.4 is 10.5 Å². The molecule has 0 aliphatic carbocycles. The van der Waals surface area contributed by atoms with Crippen molar-refractivity contribution in [3.05, 3.63) is 78.6 Å². The molecule has 0 aliphatic heterocycles. The van der Waals surface area contributed by atoms with Crippen molar-refractivity contribution in [3.63, 3.8) is 0 Å². The van der Waals surface area contributed by atoms with Crippen LogP contribution in [0.15, 0.2) is 73.1 Å². The minimum absolute atomic E-state index is 0.220. The Morgan fingerprint density at radius 3 is 2.52 bits per heavy atom. The van der Waals surface area contributed by atoms with Gasteiger partial charge >= 0.3 is 0 Å². The molecule has 7 nitrogen and oxygen atoms in total. The highest BCUT2D eigenvalue weighted by atomic mass is 19.1. The molecule has 0 saturated heterocycles. The van der Waals surface area contributed by atoms with Crippen LogP contribution >= 0.6 is 0 Å². The Bertz CT molecular complexity index is 1410. The zero-order chi connectivity index (χ0) is 22.8. The van der Waals surface area contributed by atoms with Gasteiger partial charge in [0.25, 0.3) is 0 Å². The first-order valence-corrected chi connectivity index (χ1v) is 10.5. The van der Waals surface area contributed by atoms with E-state index in [0.29, 0.717) is 23.0 Å². The fourth-order valence-corrected chi connectivity index (χ4v) is 3.70. The quantitative estimate of drug-likeness (QED) is 0.400. The highest BCUT2D eigenvalue weighted by Crippen LogP contribution is 2.31. The number of ether oxygens (including phenoxy) is 1. The van der Waals surface area contributed by atoms with Crippen LogP contribution in [0.3, 0.4) is 0 Å². The van der Waals surface area contributed by atoms with Crippen LogP contribution in [-0.4, -0.2) is 31.4 Å². The molecule has 4 heterocycles. The number of nitrogens with two attached hydrogens (primary N) is 1. The van der Waals surface area contributed by atoms with Crippen LogP contribution in [0, 0.1) is 0 Å². The summed E-state index contributed by atoms with van der Waals surface area (Å²) in [6.07, 6.45) is 4.21. The summed E-state index contributed by atoms with van der Waals surface area (Å²) in [6, 6.07) is 19.2. The van der Waals surface area contributed by atoms with Crippen molar-refractivity contribution in [2.45, 2.75) is 13.3 Å². The van der Waals surface area contributed by atoms with Gasteiger partial charge in [0.2, 0.25) is 12.7 Å². The standard InChI is InChI=1S/C25H21FN6O/c1-2-16-5-8-18(9-6-16)32-24(19-4-3-13-28-23(19)27)31-21-11-10-20(30-25(21)32)17-7-12-22(29-14-17)33-15-26/h3-14H,2,15H2,1H3,(H2,27,28). The van der Waals surface area contributed by atoms with Crippen molar-refractivity contribution in [2.24, 2.45) is 0 Å². The first kappa shape index (κ1) is 20.6. The number of nitrogens with zero attached hydrogens (tertiary/aromatic N) is 5. The largest absolute Gasteiger partial charge is 0.446 e. The van der Waals surface area contributed by atoms with E-state index in [1.807, 2.05) is 28.8 Å². The van der Waals surface area contributed by atoms with E-state index in [1.54, 1.807) is 24.5 Å². The predicted molar refractivity (Wildman–Crippen MR) is 126 cm³/mol. The number of imidazole rings is 1. The molecule has 0 unspecified atom stereocenters. The molecule has 1 aromatic carbocycles. The zero-order valence-corrected chi connectivity index (χ0v) is 17.9. The van der Waals surface area contributed by atoms with E-state index in [1.165, 1.54) is 5.56 Å². The molecule has 2 N–H and O–H groups in total. The van der Waals surface area contributed by atoms with Crippen molar-refractivity contribution in [3.8, 4) is 34.2 Å². The molecule has 0 fully saturated rings. The molecule has 0 saturated carbocycles. The van der Waals surface area contributed by atoms with E-state index in [9.17, 15) is 4.39 Å². The number of rotatable bonds is 6. The highest BCUT2D eigenvalue weighted by Gasteiger charge is 2.18. The molecule has 33 heavy (non-hydrogen) atoms. The lowest BCUT2D eigenvalue weighted by molar-refractivity contribution is 0.185. The number of halogens is 1. The minimum Gasteiger partial charge on any atom is -0.446 e. The monoisotopic (exact) mass is 440 g/mol. The third kappa shape index (κ3) is 3.87. The highest BCUT2D eigenvalue weighted by molar-refractivity contribution is 5.84. The predicted octanol–water partition coefficient (Wildman–Crippen LogP) is 4.99. The molecular weight excluding hydrogens is 419 g/mol. The number of hydrogen-bond acceptors (Lipinski definition) is 6. The van der Waals surface area contributed by atoms with E-state index in [-0.39, 0.29) is 5.88 Å². The Morgan fingerprint density at radius 2 is 1.82 bits per heavy atom. The van der Waals surface area contributed by atoms with Crippen molar-refractivity contribution in [2.75, 3.05) is 12.6 Å². The maximum atomic E-state index is 12.4. The summed E-state index contributed by atoms with van der Waals surface area (Å²) in [5, 5.41) is 0. The Labute approximate surface area is 189 Å². The maximum absolute atomic E-state index is 12.4. The molecule has 5 aromatic rings. The Kier molecular flexibility index (Phi) is 5.40. The number of pyridine rings is 3. The van der Waals surface area contributed by atoms with Crippen molar-refractivity contribution in [1.29, 1.82) is 0 Å². The molecule has 5 rings (SSSR count). The first-order chi connectivity index (χ1) is 16.2. The van der Waals surface area contributed by atoms with Gasteiger partial charge in [-0.1, -0.05) is 19.1 Å². The summed E-state index contributed by atoms with van der Waals surface area (Å²) in [5.41, 5.74) is 12.0. The average Bonchev–Trinajstić information content (AvgIpc) is 3.23. The number of alkyl halides is 1. The maximum Gasteiger partial charge on any atom is 0.230 e. The van der Waals surface area contributed by atoms with Crippen molar-refractivity contribution in [1.82, 2.24) is 24.5 Å². The number of aromatic nitrogens is 5. The number of benzene rings is 1. The lowest BCUT2D eigenvalue weighted by Crippen LogP contribution is -2.02. The first-order valence-electron chi connectivity index (χ1n) is 10.5. The normalized spacial score (nSPS) is 11.1. The van der Waals surface area contributed by atoms with Crippen LogP contribution in [-0.2, 0) is 6.42 Å². The molecule has 8 heteroatoms. The molecule has 0 bridgehead atoms. The summed E-state index contributed by atoms with van der Waals surface area (Å²) < 4.78 is 19.2. The van der Waals surface area contributed by atoms with E-state index in [0.717, 1.165) is 28.8 Å². The summed E-state index contributed by atoms with van der Waals surface area (Å²) in [6.45, 7) is 1.20. The van der Waals surface area contributed by atoms with Crippen LogP contribution in [0.5, 0.6) is 5.88 Å². The van der Waals surface area contributed by atoms with Crippen LogP contribution in [0.1, 0.15) is 12.5 Å². The molecule has 4 aromatic heterocycles. The van der Waals surface area contributed by atoms with Gasteiger partial charge in [0.15, 0.2) is 11.5 Å². The number of fused-ring (bicyclic) bond motifs is 1. The van der Waals surface area contributed by atoms with Gasteiger partial charge in [-0.3, -0.25) is 4.57 Å². The van der Waals surface area contributed by atoms with Gasteiger partial charge in [0, 0.05) is 29.7 Å². The molecule has 0 amide bonds. The van der Waals surface area contributed by atoms with Crippen molar-refractivity contribution < 1.29 is 9.13 Å². The van der Waals surface area contributed by atoms with Gasteiger partial charge in [0.05, 0.1) is 11.3 Å². The second-order valence-corrected chi connectivity index (χ2v) is 7.40. The molecule has 0 atom stereocenters. The lowest BCUT2D eigenvalue weighted by Gasteiger charge is -2.11. The Morgan fingerprint density at radius 1 is 0.970 bits per heavy atom. The second kappa shape index (κ2) is 8.66. The van der Waals surface area contributed by atoms with Crippen LogP contribution in [0.25, 0.3) is 39.5 Å². The van der Waals surface area contributed by atoms with Gasteiger partial charge in [-0.05, 0) is 54.4 Å². The van der Waals surface area contributed by atoms with E-state index < -0.39 is 6.86 Å². The van der Waals surface area contributed by atoms with Gasteiger partial charge < -0.3 is 10.5 Å². The molecule has 164 valence electrons. The van der Waals surface area contributed by atoms with Gasteiger partial charge in [-0.25, -0.2) is 24.3 Å². The fraction of sp³-hybridized carbons (Fsp3) is 0.120. The van der Waals surface area contributed by atoms with Crippen molar-refractivity contribution >= 4 is 17.0 Å². The Hall–Kier alpha value is -4.33. The summed E-state index contributed by atoms with van der Waals surface area (Å²) in [4.78, 5) is 18.1. The number of nitrogen functional groups attached to an aromatic ring is 1. The smallest absolute Gasteiger partial charge is 0.230 e. The second-order valence-electron chi connectivity index (χ2n) is 7.40. The average molecular weight is 440 g/mol. The number of hydrogen-bond donors (Lipinski definition) is 1. The number of anilines is 1. The Balaban J connectivity index is 1.71. The van der Waals surface area contributed by atoms with Gasteiger partial charge in [0.1, 0.15) is 11.3 Å². The number of aryl methyl sites for hydroxylation is 1. The van der Waals surface area contributed by atoms with E-state index in [4.69, 9.17) is 20.4 Å². The van der Waals surface area contributed by atoms with Gasteiger partial charge in [-0.15, -0.1) is 0 Å². The third-order valence-corrected chi connectivity index (χ3v) is 5.42. The third-order valence-electron chi connectivity index (χ3n) is 5.42. The van der Waals surface area contributed by atoms with Crippen LogP contribution in [0.2, 0.25) is 0 Å². The zero-order valence-electron chi connectivity index (χ0n) is 17.9. The lowest BCUT2D eigenvalue weighted by atomic mass is 10.1. The summed E-state index contributed by atoms with van der Waals surface area (Å²) >= 11 is 0. The molecule has 0 radical (unpaired) electrons. The molecule has 0 spiro atoms. The van der Waals surface area contributed by atoms with E-state index >= 15 is 0 Å². The summed E-state index contributed by atoms with van der Waals surface area (Å²) in [5.74, 6) is 1.28. The topological polar surface area (TPSA) is 91.7 Å². The SMILES string of the molecule is CCc1ccc(-n2c(-c3cccnc3N)nc3ccc(-c4ccc(OCF)nc4)nc32)cc1.